The second-order valence-electron chi connectivity index (χ2n) is 4.68. The van der Waals surface area contributed by atoms with E-state index in [4.69, 9.17) is 5.11 Å². The van der Waals surface area contributed by atoms with E-state index in [1.807, 2.05) is 11.4 Å². The Morgan fingerprint density at radius 3 is 2.89 bits per heavy atom. The molecule has 1 aromatic rings. The average molecular weight is 283 g/mol. The van der Waals surface area contributed by atoms with Gasteiger partial charge in [-0.3, -0.25) is 4.79 Å². The van der Waals surface area contributed by atoms with Crippen molar-refractivity contribution in [1.82, 2.24) is 5.32 Å². The molecule has 2 aliphatic rings. The fourth-order valence-electron chi connectivity index (χ4n) is 2.18. The van der Waals surface area contributed by atoms with Crippen LogP contribution in [0, 0.1) is 0 Å². The van der Waals surface area contributed by atoms with Crippen LogP contribution < -0.4 is 5.32 Å². The minimum Gasteiger partial charge on any atom is -0.480 e. The number of thioether (sulfide) groups is 1. The van der Waals surface area contributed by atoms with Crippen LogP contribution in [0.1, 0.15) is 28.5 Å². The molecule has 18 heavy (non-hydrogen) atoms. The van der Waals surface area contributed by atoms with Gasteiger partial charge in [-0.1, -0.05) is 0 Å². The van der Waals surface area contributed by atoms with E-state index >= 15 is 0 Å². The summed E-state index contributed by atoms with van der Waals surface area (Å²) in [4.78, 5) is 24.6. The number of hydrogen-bond acceptors (Lipinski definition) is 4. The standard InChI is InChI=1S/C12H13NO3S2/c14-10(13-12(3-4-12)11(15)16)9-7-1-5-17-8(7)2-6-18-9/h1,5,9H,2-4,6H2,(H,13,14)(H,15,16)/t9-/m1/s1. The number of rotatable bonds is 3. The quantitative estimate of drug-likeness (QED) is 0.888. The van der Waals surface area contributed by atoms with Gasteiger partial charge in [-0.05, 0) is 42.0 Å². The molecule has 0 aromatic carbocycles. The zero-order valence-electron chi connectivity index (χ0n) is 9.64. The molecule has 0 radical (unpaired) electrons. The minimum atomic E-state index is -0.981. The lowest BCUT2D eigenvalue weighted by atomic mass is 10.1. The number of carboxylic acid groups (broad SMARTS) is 1. The van der Waals surface area contributed by atoms with E-state index in [1.54, 1.807) is 23.1 Å². The maximum absolute atomic E-state index is 12.2. The van der Waals surface area contributed by atoms with Gasteiger partial charge in [-0.25, -0.2) is 4.79 Å². The first kappa shape index (κ1) is 12.0. The summed E-state index contributed by atoms with van der Waals surface area (Å²) in [6, 6.07) is 1.98. The number of carbonyl (C=O) groups excluding carboxylic acids is 1. The van der Waals surface area contributed by atoms with Gasteiger partial charge in [-0.15, -0.1) is 23.1 Å². The SMILES string of the molecule is O=C(NC1(C(=O)O)CC1)[C@@H]1SCCc2sccc21. The highest BCUT2D eigenvalue weighted by molar-refractivity contribution is 8.00. The van der Waals surface area contributed by atoms with Gasteiger partial charge in [0, 0.05) is 4.88 Å². The van der Waals surface area contributed by atoms with Crippen molar-refractivity contribution in [2.24, 2.45) is 0 Å². The van der Waals surface area contributed by atoms with E-state index in [2.05, 4.69) is 5.32 Å². The molecule has 96 valence electrons. The van der Waals surface area contributed by atoms with Crippen LogP contribution in [0.2, 0.25) is 0 Å². The molecule has 2 heterocycles. The highest BCUT2D eigenvalue weighted by Gasteiger charge is 2.52. The Bertz CT molecular complexity index is 507. The van der Waals surface area contributed by atoms with Crippen LogP contribution in [0.4, 0.5) is 0 Å². The number of aliphatic carboxylic acids is 1. The fourth-order valence-corrected chi connectivity index (χ4v) is 4.48. The summed E-state index contributed by atoms with van der Waals surface area (Å²) >= 11 is 3.28. The molecule has 1 aliphatic heterocycles. The van der Waals surface area contributed by atoms with Gasteiger partial charge in [0.15, 0.2) is 0 Å². The van der Waals surface area contributed by atoms with E-state index in [-0.39, 0.29) is 11.2 Å². The van der Waals surface area contributed by atoms with Gasteiger partial charge in [-0.2, -0.15) is 0 Å². The van der Waals surface area contributed by atoms with Crippen molar-refractivity contribution in [2.75, 3.05) is 5.75 Å². The Kier molecular flexibility index (Phi) is 2.86. The van der Waals surface area contributed by atoms with Gasteiger partial charge in [0.25, 0.3) is 0 Å². The summed E-state index contributed by atoms with van der Waals surface area (Å²) in [7, 11) is 0. The van der Waals surface area contributed by atoms with Crippen LogP contribution >= 0.6 is 23.1 Å². The van der Waals surface area contributed by atoms with Crippen molar-refractivity contribution in [2.45, 2.75) is 30.1 Å². The third-order valence-electron chi connectivity index (χ3n) is 3.44. The third kappa shape index (κ3) is 1.93. The van der Waals surface area contributed by atoms with E-state index in [9.17, 15) is 9.59 Å². The lowest BCUT2D eigenvalue weighted by Crippen LogP contribution is -2.45. The molecule has 1 aliphatic carbocycles. The summed E-state index contributed by atoms with van der Waals surface area (Å²) in [5, 5.41) is 13.6. The second-order valence-corrected chi connectivity index (χ2v) is 6.89. The minimum absolute atomic E-state index is 0.153. The highest BCUT2D eigenvalue weighted by atomic mass is 32.2. The molecular weight excluding hydrogens is 270 g/mol. The zero-order valence-corrected chi connectivity index (χ0v) is 11.3. The number of carboxylic acids is 1. The van der Waals surface area contributed by atoms with Crippen LogP contribution in [0.15, 0.2) is 11.4 Å². The van der Waals surface area contributed by atoms with E-state index in [1.165, 1.54) is 4.88 Å². The van der Waals surface area contributed by atoms with Crippen molar-refractivity contribution in [3.05, 3.63) is 21.9 Å². The number of carbonyl (C=O) groups is 2. The van der Waals surface area contributed by atoms with Crippen LogP contribution in [0.25, 0.3) is 0 Å². The largest absolute Gasteiger partial charge is 0.480 e. The molecule has 0 spiro atoms. The summed E-state index contributed by atoms with van der Waals surface area (Å²) in [6.45, 7) is 0. The summed E-state index contributed by atoms with van der Waals surface area (Å²) in [5.41, 5.74) is 0.0839. The van der Waals surface area contributed by atoms with Crippen molar-refractivity contribution in [3.63, 3.8) is 0 Å². The molecule has 1 fully saturated rings. The number of hydrogen-bond donors (Lipinski definition) is 2. The van der Waals surface area contributed by atoms with Crippen LogP contribution in [-0.4, -0.2) is 28.3 Å². The van der Waals surface area contributed by atoms with Crippen LogP contribution in [0.3, 0.4) is 0 Å². The molecule has 0 bridgehead atoms. The Balaban J connectivity index is 1.77. The molecule has 3 rings (SSSR count). The molecule has 1 aromatic heterocycles. The van der Waals surface area contributed by atoms with Crippen LogP contribution in [-0.2, 0) is 16.0 Å². The monoisotopic (exact) mass is 283 g/mol. The van der Waals surface area contributed by atoms with Crippen molar-refractivity contribution >= 4 is 35.0 Å². The maximum atomic E-state index is 12.2. The normalized spacial score (nSPS) is 24.1. The molecule has 1 amide bonds. The maximum Gasteiger partial charge on any atom is 0.329 e. The molecule has 6 heteroatoms. The van der Waals surface area contributed by atoms with Gasteiger partial charge in [0.1, 0.15) is 10.8 Å². The van der Waals surface area contributed by atoms with Gasteiger partial charge >= 0.3 is 5.97 Å². The first-order valence-electron chi connectivity index (χ1n) is 5.86. The molecule has 0 unspecified atom stereocenters. The average Bonchev–Trinajstić information content (AvgIpc) is 2.97. The summed E-state index contributed by atoms with van der Waals surface area (Å²) in [6.07, 6.45) is 2.09. The van der Waals surface area contributed by atoms with Gasteiger partial charge < -0.3 is 10.4 Å². The molecule has 4 nitrogen and oxygen atoms in total. The van der Waals surface area contributed by atoms with E-state index < -0.39 is 11.5 Å². The van der Waals surface area contributed by atoms with Crippen molar-refractivity contribution in [3.8, 4) is 0 Å². The molecule has 1 saturated carbocycles. The number of nitrogens with one attached hydrogen (secondary N) is 1. The number of amides is 1. The Labute approximate surface area is 113 Å². The Hall–Kier alpha value is -1.01. The fraction of sp³-hybridized carbons (Fsp3) is 0.500. The predicted octanol–water partition coefficient (Wildman–Crippen LogP) is 1.81. The van der Waals surface area contributed by atoms with Crippen LogP contribution in [0.5, 0.6) is 0 Å². The Morgan fingerprint density at radius 2 is 2.22 bits per heavy atom. The third-order valence-corrected chi connectivity index (χ3v) is 5.67. The lowest BCUT2D eigenvalue weighted by Gasteiger charge is -2.23. The Morgan fingerprint density at radius 1 is 1.44 bits per heavy atom. The molecule has 0 saturated heterocycles. The zero-order chi connectivity index (χ0) is 12.8. The number of fused-ring (bicyclic) bond motifs is 1. The summed E-state index contributed by atoms with van der Waals surface area (Å²) < 4.78 is 0. The highest BCUT2D eigenvalue weighted by Crippen LogP contribution is 2.42. The van der Waals surface area contributed by atoms with E-state index in [0.29, 0.717) is 12.8 Å². The topological polar surface area (TPSA) is 66.4 Å². The predicted molar refractivity (Wildman–Crippen MR) is 71.0 cm³/mol. The second kappa shape index (κ2) is 4.28. The molecule has 1 atom stereocenters. The number of aryl methyl sites for hydroxylation is 1. The summed E-state index contributed by atoms with van der Waals surface area (Å²) in [5.74, 6) is -0.146. The number of thiophene rings is 1. The lowest BCUT2D eigenvalue weighted by molar-refractivity contribution is -0.143. The van der Waals surface area contributed by atoms with E-state index in [0.717, 1.165) is 17.7 Å². The first-order chi connectivity index (χ1) is 8.62. The van der Waals surface area contributed by atoms with Crippen molar-refractivity contribution < 1.29 is 14.7 Å². The van der Waals surface area contributed by atoms with Gasteiger partial charge in [0.2, 0.25) is 5.91 Å². The first-order valence-corrected chi connectivity index (χ1v) is 7.78. The molecular formula is C12H13NO3S2. The smallest absolute Gasteiger partial charge is 0.329 e. The molecule has 2 N–H and O–H groups in total. The van der Waals surface area contributed by atoms with Gasteiger partial charge in [0.05, 0.1) is 0 Å². The van der Waals surface area contributed by atoms with Crippen molar-refractivity contribution in [1.29, 1.82) is 0 Å².